The Labute approximate surface area is 321 Å². The predicted octanol–water partition coefficient (Wildman–Crippen LogP) is 8.09. The number of rotatable bonds is 13. The van der Waals surface area contributed by atoms with Crippen molar-refractivity contribution >= 4 is 24.4 Å². The second-order valence-corrected chi connectivity index (χ2v) is 20.5. The predicted molar refractivity (Wildman–Crippen MR) is 208 cm³/mol. The molecule has 4 aromatic carbocycles. The van der Waals surface area contributed by atoms with Gasteiger partial charge in [-0.1, -0.05) is 81.4 Å². The molecule has 0 saturated carbocycles. The van der Waals surface area contributed by atoms with E-state index in [1.165, 1.54) is 17.0 Å². The minimum atomic E-state index is -3.42. The summed E-state index contributed by atoms with van der Waals surface area (Å²) in [5.74, 6) is -4.18. The van der Waals surface area contributed by atoms with Crippen LogP contribution in [0.25, 0.3) is 0 Å². The van der Waals surface area contributed by atoms with Crippen molar-refractivity contribution in [3.8, 4) is 11.5 Å². The van der Waals surface area contributed by atoms with Gasteiger partial charge in [-0.3, -0.25) is 9.29 Å². The maximum Gasteiger partial charge on any atom is 0.282 e. The third-order valence-corrected chi connectivity index (χ3v) is 16.3. The lowest BCUT2D eigenvalue weighted by atomic mass is 9.84. The van der Waals surface area contributed by atoms with Gasteiger partial charge in [0.2, 0.25) is 6.79 Å². The van der Waals surface area contributed by atoms with Gasteiger partial charge >= 0.3 is 0 Å². The Hall–Kier alpha value is -3.97. The third-order valence-electron chi connectivity index (χ3n) is 11.3. The lowest BCUT2D eigenvalue weighted by molar-refractivity contribution is -0.0823. The van der Waals surface area contributed by atoms with E-state index in [4.69, 9.17) is 13.9 Å². The Morgan fingerprint density at radius 2 is 1.51 bits per heavy atom. The molecule has 0 bridgehead atoms. The summed E-state index contributed by atoms with van der Waals surface area (Å²) in [7, 11) is -3.32. The molecule has 55 heavy (non-hydrogen) atoms. The first-order valence-corrected chi connectivity index (χ1v) is 21.1. The molecule has 1 saturated heterocycles. The van der Waals surface area contributed by atoms with Gasteiger partial charge in [-0.25, -0.2) is 17.6 Å². The third kappa shape index (κ3) is 8.01. The number of ether oxygens (including phenoxy) is 2. The molecule has 0 aliphatic carbocycles. The first-order chi connectivity index (χ1) is 26.3. The molecule has 1 fully saturated rings. The van der Waals surface area contributed by atoms with Crippen LogP contribution in [-0.4, -0.2) is 82.4 Å². The van der Waals surface area contributed by atoms with E-state index >= 15 is 17.6 Å². The van der Waals surface area contributed by atoms with Gasteiger partial charge in [0.05, 0.1) is 25.9 Å². The van der Waals surface area contributed by atoms with Crippen LogP contribution in [0.3, 0.4) is 0 Å². The number of anilines is 1. The molecule has 1 N–H and O–H groups in total. The monoisotopic (exact) mass is 779 g/mol. The largest absolute Gasteiger partial charge is 0.454 e. The van der Waals surface area contributed by atoms with E-state index in [1.54, 1.807) is 19.1 Å². The summed E-state index contributed by atoms with van der Waals surface area (Å²) < 4.78 is 97.3. The number of hydrogen-bond donors (Lipinski definition) is 1. The first kappa shape index (κ1) is 39.3. The van der Waals surface area contributed by atoms with Crippen molar-refractivity contribution in [1.29, 1.82) is 0 Å². The number of alkyl halides is 3. The topological polar surface area (TPSA) is 46.2 Å². The van der Waals surface area contributed by atoms with E-state index in [0.717, 1.165) is 28.9 Å². The molecular weight excluding hydrogens is 730 g/mol. The summed E-state index contributed by atoms with van der Waals surface area (Å²) >= 11 is 0. The molecule has 7 rings (SSSR count). The molecule has 0 spiro atoms. The van der Waals surface area contributed by atoms with Gasteiger partial charge in [-0.2, -0.15) is 0 Å². The first-order valence-electron chi connectivity index (χ1n) is 19.1. The van der Waals surface area contributed by atoms with E-state index in [-0.39, 0.29) is 24.1 Å². The molecule has 0 amide bonds. The lowest BCUT2D eigenvalue weighted by Crippen LogP contribution is -2.67. The standard InChI is InChI=1S/C43H50F5N3O3Si/c1-29-20-30-21-38-39(53-28-52-38)24-35(30)41(40-36(45)22-32(23-37(40)46)49-31-16-19-50(25-31)18-11-17-44)51(29)26-43(47,48)27-54-55(42(2,3)4,33-12-7-5-8-13-33)34-14-9-6-10-15-34/h5-10,12-15,21-24,29,31,41,49H,11,16-20,25-28H2,1-4H3/t29-,31?,41+/m1/s1. The van der Waals surface area contributed by atoms with Crippen LogP contribution in [0.1, 0.15) is 63.3 Å². The van der Waals surface area contributed by atoms with Gasteiger partial charge in [0.25, 0.3) is 14.2 Å². The molecule has 3 aliphatic rings. The van der Waals surface area contributed by atoms with E-state index in [0.29, 0.717) is 43.0 Å². The van der Waals surface area contributed by atoms with Gasteiger partial charge in [-0.15, -0.1) is 0 Å². The van der Waals surface area contributed by atoms with Crippen molar-refractivity contribution in [2.75, 3.05) is 51.6 Å². The second kappa shape index (κ2) is 15.9. The van der Waals surface area contributed by atoms with E-state index in [2.05, 4.69) is 10.2 Å². The minimum Gasteiger partial charge on any atom is -0.454 e. The Morgan fingerprint density at radius 1 is 0.891 bits per heavy atom. The Bertz CT molecular complexity index is 1880. The molecular formula is C43H50F5N3O3Si. The summed E-state index contributed by atoms with van der Waals surface area (Å²) in [4.78, 5) is 3.63. The smallest absolute Gasteiger partial charge is 0.282 e. The number of nitrogens with zero attached hydrogens (tertiary/aromatic N) is 2. The summed E-state index contributed by atoms with van der Waals surface area (Å²) in [5, 5.41) is 4.47. The summed E-state index contributed by atoms with van der Waals surface area (Å²) in [6.45, 7) is 7.81. The fourth-order valence-electron chi connectivity index (χ4n) is 8.76. The average molecular weight is 780 g/mol. The van der Waals surface area contributed by atoms with Crippen molar-refractivity contribution in [1.82, 2.24) is 9.80 Å². The quantitative estimate of drug-likeness (QED) is 0.109. The fraction of sp³-hybridized carbons (Fsp3) is 0.442. The SMILES string of the molecule is C[C@@H]1Cc2cc3c(cc2[C@@H](c2c(F)cc(NC4CCN(CCCF)C4)cc2F)N1CC(F)(F)CO[Si](c1ccccc1)(c1ccccc1)C(C)(C)C)OCO3. The normalized spacial score (nSPS) is 20.5. The number of hydrogen-bond acceptors (Lipinski definition) is 6. The highest BCUT2D eigenvalue weighted by molar-refractivity contribution is 6.99. The molecule has 0 radical (unpaired) electrons. The van der Waals surface area contributed by atoms with Crippen molar-refractivity contribution < 1.29 is 35.9 Å². The van der Waals surface area contributed by atoms with E-state index in [9.17, 15) is 4.39 Å². The number of likely N-dealkylation sites (tertiary alicyclic amines) is 1. The molecule has 0 aromatic heterocycles. The van der Waals surface area contributed by atoms with E-state index < -0.39 is 62.8 Å². The Balaban J connectivity index is 1.22. The maximum atomic E-state index is 16.8. The minimum absolute atomic E-state index is 0.00469. The molecule has 294 valence electrons. The summed E-state index contributed by atoms with van der Waals surface area (Å²) in [6, 6.07) is 23.4. The second-order valence-electron chi connectivity index (χ2n) is 16.2. The highest BCUT2D eigenvalue weighted by Gasteiger charge is 2.52. The zero-order chi connectivity index (χ0) is 39.0. The molecule has 4 aromatic rings. The number of fused-ring (bicyclic) bond motifs is 2. The molecule has 12 heteroatoms. The molecule has 1 unspecified atom stereocenters. The molecule has 3 heterocycles. The van der Waals surface area contributed by atoms with Crippen LogP contribution in [0.15, 0.2) is 84.9 Å². The van der Waals surface area contributed by atoms with Gasteiger partial charge in [0, 0.05) is 43.0 Å². The zero-order valence-electron chi connectivity index (χ0n) is 31.9. The van der Waals surface area contributed by atoms with Crippen LogP contribution in [0.5, 0.6) is 11.5 Å². The van der Waals surface area contributed by atoms with Crippen molar-refractivity contribution in [2.24, 2.45) is 0 Å². The van der Waals surface area contributed by atoms with Crippen LogP contribution >= 0.6 is 0 Å². The van der Waals surface area contributed by atoms with Crippen LogP contribution in [0.2, 0.25) is 5.04 Å². The van der Waals surface area contributed by atoms with Crippen molar-refractivity contribution in [2.45, 2.75) is 76.0 Å². The number of benzene rings is 4. The number of nitrogens with one attached hydrogen (secondary N) is 1. The highest BCUT2D eigenvalue weighted by atomic mass is 28.4. The van der Waals surface area contributed by atoms with Crippen molar-refractivity contribution in [3.63, 3.8) is 0 Å². The summed E-state index contributed by atoms with van der Waals surface area (Å²) in [5.41, 5.74) is 1.20. The van der Waals surface area contributed by atoms with Gasteiger partial charge in [-0.05, 0) is 77.0 Å². The molecule has 3 atom stereocenters. The Kier molecular flexibility index (Phi) is 11.3. The Morgan fingerprint density at radius 3 is 2.11 bits per heavy atom. The van der Waals surface area contributed by atoms with Crippen LogP contribution in [-0.2, 0) is 10.8 Å². The van der Waals surface area contributed by atoms with Crippen LogP contribution in [0.4, 0.5) is 27.6 Å². The summed E-state index contributed by atoms with van der Waals surface area (Å²) in [6.07, 6.45) is 1.54. The van der Waals surface area contributed by atoms with Gasteiger partial charge in [0.15, 0.2) is 11.5 Å². The van der Waals surface area contributed by atoms with Crippen LogP contribution < -0.4 is 25.2 Å². The molecule has 6 nitrogen and oxygen atoms in total. The zero-order valence-corrected chi connectivity index (χ0v) is 32.9. The highest BCUT2D eigenvalue weighted by Crippen LogP contribution is 2.47. The lowest BCUT2D eigenvalue weighted by Gasteiger charge is -2.46. The molecule has 3 aliphatic heterocycles. The van der Waals surface area contributed by atoms with Gasteiger partial charge < -0.3 is 24.1 Å². The average Bonchev–Trinajstić information content (AvgIpc) is 3.80. The number of halogens is 5. The van der Waals surface area contributed by atoms with E-state index in [1.807, 2.05) is 81.4 Å². The van der Waals surface area contributed by atoms with Crippen LogP contribution in [0, 0.1) is 11.6 Å². The fourth-order valence-corrected chi connectivity index (χ4v) is 13.3. The maximum absolute atomic E-state index is 16.8. The van der Waals surface area contributed by atoms with Gasteiger partial charge in [0.1, 0.15) is 11.6 Å². The van der Waals surface area contributed by atoms with Crippen molar-refractivity contribution in [3.05, 3.63) is 113 Å².